The molecule has 0 radical (unpaired) electrons. The van der Waals surface area contributed by atoms with Crippen LogP contribution in [0, 0.1) is 10.8 Å². The molecular weight excluding hydrogens is 208 g/mol. The molecule has 16 heavy (non-hydrogen) atoms. The van der Waals surface area contributed by atoms with Crippen LogP contribution in [0.2, 0.25) is 0 Å². The van der Waals surface area contributed by atoms with Crippen molar-refractivity contribution in [3.8, 4) is 0 Å². The highest BCUT2D eigenvalue weighted by Gasteiger charge is 2.48. The Kier molecular flexibility index (Phi) is 3.28. The number of carbonyl (C=O) groups excluding carboxylic acids is 1. The van der Waals surface area contributed by atoms with Crippen molar-refractivity contribution in [3.63, 3.8) is 0 Å². The summed E-state index contributed by atoms with van der Waals surface area (Å²) in [6.07, 6.45) is 0.373. The van der Waals surface area contributed by atoms with Crippen LogP contribution in [0.3, 0.4) is 0 Å². The topological polar surface area (TPSA) is 69.6 Å². The first-order chi connectivity index (χ1) is 7.19. The third-order valence-corrected chi connectivity index (χ3v) is 3.79. The maximum absolute atomic E-state index is 10.9. The smallest absolute Gasteiger partial charge is 0.419 e. The molecule has 92 valence electrons. The molecule has 2 atom stereocenters. The molecule has 0 aliphatic carbocycles. The second-order valence-electron chi connectivity index (χ2n) is 5.76. The van der Waals surface area contributed by atoms with Gasteiger partial charge in [0, 0.05) is 6.54 Å². The van der Waals surface area contributed by atoms with Crippen LogP contribution in [-0.4, -0.2) is 35.1 Å². The van der Waals surface area contributed by atoms with E-state index >= 15 is 0 Å². The summed E-state index contributed by atoms with van der Waals surface area (Å²) >= 11 is 0. The molecule has 1 saturated heterocycles. The molecule has 1 rings (SSSR count). The predicted octanol–water partition coefficient (Wildman–Crippen LogP) is 1.49. The van der Waals surface area contributed by atoms with E-state index in [2.05, 4.69) is 33.1 Å². The highest BCUT2D eigenvalue weighted by atomic mass is 16.4. The number of carboxylic acid groups (broad SMARTS) is 1. The Morgan fingerprint density at radius 2 is 2.12 bits per heavy atom. The second kappa shape index (κ2) is 4.05. The lowest BCUT2D eigenvalue weighted by Crippen LogP contribution is -2.46. The Morgan fingerprint density at radius 1 is 1.56 bits per heavy atom. The molecule has 0 aromatic heterocycles. The van der Waals surface area contributed by atoms with Crippen molar-refractivity contribution in [1.82, 2.24) is 10.4 Å². The maximum Gasteiger partial charge on any atom is 0.419 e. The van der Waals surface area contributed by atoms with Crippen LogP contribution >= 0.6 is 0 Å². The van der Waals surface area contributed by atoms with Gasteiger partial charge >= 0.3 is 6.09 Å². The molecule has 2 unspecified atom stereocenters. The summed E-state index contributed by atoms with van der Waals surface area (Å²) in [7, 11) is 0. The zero-order valence-corrected chi connectivity index (χ0v) is 10.3. The number of aldehydes is 1. The zero-order chi connectivity index (χ0) is 12.6. The van der Waals surface area contributed by atoms with Crippen LogP contribution in [0.1, 0.15) is 34.1 Å². The van der Waals surface area contributed by atoms with Gasteiger partial charge in [-0.2, -0.15) is 0 Å². The van der Waals surface area contributed by atoms with E-state index in [-0.39, 0.29) is 16.9 Å². The molecule has 1 fully saturated rings. The zero-order valence-electron chi connectivity index (χ0n) is 10.3. The van der Waals surface area contributed by atoms with Crippen LogP contribution in [-0.2, 0) is 4.79 Å². The Balaban J connectivity index is 2.84. The number of hydrogen-bond donors (Lipinski definition) is 2. The number of rotatable bonds is 2. The standard InChI is InChI=1S/C11H20N2O3/c1-10(2,3)11(4)5-8(6-14)13(7-11)12-9(15)16/h6,8,12H,5,7H2,1-4H3,(H,15,16). The number of nitrogens with zero attached hydrogens (tertiary/aromatic N) is 1. The van der Waals surface area contributed by atoms with Gasteiger partial charge in [0.25, 0.3) is 0 Å². The van der Waals surface area contributed by atoms with Crippen molar-refractivity contribution in [1.29, 1.82) is 0 Å². The third kappa shape index (κ3) is 2.35. The molecule has 2 N–H and O–H groups in total. The highest BCUT2D eigenvalue weighted by Crippen LogP contribution is 2.46. The minimum atomic E-state index is -1.12. The van der Waals surface area contributed by atoms with Gasteiger partial charge in [-0.15, -0.1) is 0 Å². The number of amides is 1. The van der Waals surface area contributed by atoms with E-state index < -0.39 is 6.09 Å². The fourth-order valence-corrected chi connectivity index (χ4v) is 2.04. The normalized spacial score (nSPS) is 31.4. The van der Waals surface area contributed by atoms with E-state index in [9.17, 15) is 9.59 Å². The van der Waals surface area contributed by atoms with Crippen molar-refractivity contribution < 1.29 is 14.7 Å². The Hall–Kier alpha value is -1.10. The van der Waals surface area contributed by atoms with Crippen molar-refractivity contribution in [2.24, 2.45) is 10.8 Å². The fraction of sp³-hybridized carbons (Fsp3) is 0.818. The van der Waals surface area contributed by atoms with Gasteiger partial charge in [0.2, 0.25) is 0 Å². The van der Waals surface area contributed by atoms with Crippen LogP contribution in [0.4, 0.5) is 4.79 Å². The number of nitrogens with one attached hydrogen (secondary N) is 1. The number of hydrogen-bond acceptors (Lipinski definition) is 3. The molecule has 0 saturated carbocycles. The summed E-state index contributed by atoms with van der Waals surface area (Å²) in [6, 6.07) is -0.361. The van der Waals surface area contributed by atoms with Crippen LogP contribution in [0.5, 0.6) is 0 Å². The van der Waals surface area contributed by atoms with Crippen molar-refractivity contribution in [2.75, 3.05) is 6.54 Å². The highest BCUT2D eigenvalue weighted by molar-refractivity contribution is 5.65. The summed E-state index contributed by atoms with van der Waals surface area (Å²) in [5.74, 6) is 0. The molecule has 5 heteroatoms. The van der Waals surface area contributed by atoms with Crippen molar-refractivity contribution in [2.45, 2.75) is 40.2 Å². The maximum atomic E-state index is 10.9. The average Bonchev–Trinajstić information content (AvgIpc) is 2.41. The van der Waals surface area contributed by atoms with Crippen LogP contribution in [0.25, 0.3) is 0 Å². The van der Waals surface area contributed by atoms with E-state index in [1.165, 1.54) is 5.01 Å². The Bertz CT molecular complexity index is 298. The lowest BCUT2D eigenvalue weighted by atomic mass is 9.67. The first-order valence-corrected chi connectivity index (χ1v) is 5.41. The third-order valence-electron chi connectivity index (χ3n) is 3.79. The fourth-order valence-electron chi connectivity index (χ4n) is 2.04. The molecule has 0 bridgehead atoms. The molecule has 0 aromatic carbocycles. The van der Waals surface area contributed by atoms with Gasteiger partial charge in [0.1, 0.15) is 6.29 Å². The van der Waals surface area contributed by atoms with Gasteiger partial charge in [-0.1, -0.05) is 27.7 Å². The van der Waals surface area contributed by atoms with Gasteiger partial charge in [-0.05, 0) is 17.3 Å². The summed E-state index contributed by atoms with van der Waals surface area (Å²) in [5, 5.41) is 10.2. The quantitative estimate of drug-likeness (QED) is 0.703. The average molecular weight is 228 g/mol. The molecule has 1 heterocycles. The monoisotopic (exact) mass is 228 g/mol. The molecule has 0 aromatic rings. The predicted molar refractivity (Wildman–Crippen MR) is 59.9 cm³/mol. The lowest BCUT2D eigenvalue weighted by molar-refractivity contribution is -0.112. The lowest BCUT2D eigenvalue weighted by Gasteiger charge is -2.38. The molecule has 0 spiro atoms. The SMILES string of the molecule is CC(C)(C)C1(C)CC(C=O)N(NC(=O)O)C1. The van der Waals surface area contributed by atoms with E-state index in [1.807, 2.05) is 0 Å². The Labute approximate surface area is 95.8 Å². The summed E-state index contributed by atoms with van der Waals surface area (Å²) in [5.41, 5.74) is 2.25. The first-order valence-electron chi connectivity index (χ1n) is 5.41. The molecular formula is C11H20N2O3. The van der Waals surface area contributed by atoms with E-state index in [0.29, 0.717) is 13.0 Å². The second-order valence-corrected chi connectivity index (χ2v) is 5.76. The number of hydrazine groups is 1. The largest absolute Gasteiger partial charge is 0.464 e. The summed E-state index contributed by atoms with van der Waals surface area (Å²) in [4.78, 5) is 21.5. The minimum absolute atomic E-state index is 0.0309. The van der Waals surface area contributed by atoms with E-state index in [1.54, 1.807) is 0 Å². The van der Waals surface area contributed by atoms with Crippen molar-refractivity contribution in [3.05, 3.63) is 0 Å². The van der Waals surface area contributed by atoms with Gasteiger partial charge in [-0.3, -0.25) is 5.43 Å². The van der Waals surface area contributed by atoms with Crippen LogP contribution < -0.4 is 5.43 Å². The summed E-state index contributed by atoms with van der Waals surface area (Å²) in [6.45, 7) is 8.98. The van der Waals surface area contributed by atoms with Crippen molar-refractivity contribution >= 4 is 12.4 Å². The minimum Gasteiger partial charge on any atom is -0.464 e. The first kappa shape index (κ1) is 13.0. The molecule has 1 amide bonds. The molecule has 1 aliphatic rings. The van der Waals surface area contributed by atoms with Gasteiger partial charge < -0.3 is 9.90 Å². The Morgan fingerprint density at radius 3 is 2.50 bits per heavy atom. The van der Waals surface area contributed by atoms with Crippen LogP contribution in [0.15, 0.2) is 0 Å². The van der Waals surface area contributed by atoms with E-state index in [0.717, 1.165) is 6.29 Å². The van der Waals surface area contributed by atoms with Gasteiger partial charge in [-0.25, -0.2) is 9.80 Å². The van der Waals surface area contributed by atoms with E-state index in [4.69, 9.17) is 5.11 Å². The number of carbonyl (C=O) groups is 2. The molecule has 1 aliphatic heterocycles. The summed E-state index contributed by atoms with van der Waals surface area (Å²) < 4.78 is 0. The molecule has 5 nitrogen and oxygen atoms in total. The van der Waals surface area contributed by atoms with Gasteiger partial charge in [0.15, 0.2) is 0 Å². The van der Waals surface area contributed by atoms with Gasteiger partial charge in [0.05, 0.1) is 6.04 Å².